The van der Waals surface area contributed by atoms with Gasteiger partial charge in [-0.1, -0.05) is 11.6 Å². The summed E-state index contributed by atoms with van der Waals surface area (Å²) in [4.78, 5) is 8.21. The summed E-state index contributed by atoms with van der Waals surface area (Å²) in [5.74, 6) is 0.747. The van der Waals surface area contributed by atoms with E-state index in [0.29, 0.717) is 16.5 Å². The normalized spacial score (nSPS) is 10.8. The number of hydrogen-bond donors (Lipinski definition) is 3. The van der Waals surface area contributed by atoms with E-state index in [0.717, 1.165) is 15.5 Å². The standard InChI is InChI=1S/C11H8BrClN6/c12-7-2-1-5(3-8(7)13)16-9-6-4-15-19-10(6)18-11(14)17-9/h1-4H,(H4,14,15,16,17,18,19). The smallest absolute Gasteiger partial charge is 0.224 e. The first-order valence-corrected chi connectivity index (χ1v) is 6.49. The highest BCUT2D eigenvalue weighted by molar-refractivity contribution is 9.10. The molecule has 3 aromatic rings. The van der Waals surface area contributed by atoms with E-state index >= 15 is 0 Å². The Kier molecular flexibility index (Phi) is 3.00. The first-order chi connectivity index (χ1) is 9.13. The van der Waals surface area contributed by atoms with Gasteiger partial charge >= 0.3 is 0 Å². The highest BCUT2D eigenvalue weighted by atomic mass is 79.9. The van der Waals surface area contributed by atoms with Crippen LogP contribution < -0.4 is 11.1 Å². The van der Waals surface area contributed by atoms with Gasteiger partial charge in [-0.25, -0.2) is 0 Å². The molecule has 0 aliphatic rings. The predicted octanol–water partition coefficient (Wildman–Crippen LogP) is 3.09. The molecule has 0 radical (unpaired) electrons. The highest BCUT2D eigenvalue weighted by Gasteiger charge is 2.08. The third kappa shape index (κ3) is 2.34. The molecule has 0 fully saturated rings. The summed E-state index contributed by atoms with van der Waals surface area (Å²) < 4.78 is 0.829. The van der Waals surface area contributed by atoms with Gasteiger partial charge < -0.3 is 11.1 Å². The molecule has 1 aromatic carbocycles. The molecule has 0 saturated heterocycles. The quantitative estimate of drug-likeness (QED) is 0.667. The van der Waals surface area contributed by atoms with Crippen LogP contribution in [0, 0.1) is 0 Å². The zero-order chi connectivity index (χ0) is 13.4. The van der Waals surface area contributed by atoms with Crippen molar-refractivity contribution in [2.45, 2.75) is 0 Å². The Morgan fingerprint density at radius 3 is 2.95 bits per heavy atom. The lowest BCUT2D eigenvalue weighted by Crippen LogP contribution is -2.00. The van der Waals surface area contributed by atoms with Crippen LogP contribution in [0.1, 0.15) is 0 Å². The van der Waals surface area contributed by atoms with Gasteiger partial charge in [-0.2, -0.15) is 15.1 Å². The van der Waals surface area contributed by atoms with Gasteiger partial charge in [0, 0.05) is 10.2 Å². The van der Waals surface area contributed by atoms with Crippen molar-refractivity contribution in [3.63, 3.8) is 0 Å². The Morgan fingerprint density at radius 2 is 2.16 bits per heavy atom. The van der Waals surface area contributed by atoms with Crippen molar-refractivity contribution < 1.29 is 0 Å². The van der Waals surface area contributed by atoms with E-state index in [1.807, 2.05) is 12.1 Å². The summed E-state index contributed by atoms with van der Waals surface area (Å²) >= 11 is 9.39. The molecule has 0 unspecified atom stereocenters. The van der Waals surface area contributed by atoms with Crippen LogP contribution in [0.4, 0.5) is 17.5 Å². The van der Waals surface area contributed by atoms with E-state index in [9.17, 15) is 0 Å². The average Bonchev–Trinajstić information content (AvgIpc) is 2.82. The summed E-state index contributed by atoms with van der Waals surface area (Å²) in [5.41, 5.74) is 7.03. The zero-order valence-corrected chi connectivity index (χ0v) is 11.8. The second-order valence-corrected chi connectivity index (χ2v) is 5.08. The Balaban J connectivity index is 2.04. The highest BCUT2D eigenvalue weighted by Crippen LogP contribution is 2.28. The summed E-state index contributed by atoms with van der Waals surface area (Å²) in [6, 6.07) is 5.51. The number of fused-ring (bicyclic) bond motifs is 1. The topological polar surface area (TPSA) is 92.5 Å². The minimum atomic E-state index is 0.169. The van der Waals surface area contributed by atoms with Gasteiger partial charge in [-0.15, -0.1) is 0 Å². The number of rotatable bonds is 2. The SMILES string of the molecule is Nc1nc(Nc2ccc(Br)c(Cl)c2)c2cn[nH]c2n1. The van der Waals surface area contributed by atoms with Gasteiger partial charge in [0.05, 0.1) is 16.6 Å². The van der Waals surface area contributed by atoms with Gasteiger partial charge in [-0.05, 0) is 34.1 Å². The third-order valence-electron chi connectivity index (χ3n) is 2.51. The van der Waals surface area contributed by atoms with Crippen LogP contribution in [0.3, 0.4) is 0 Å². The minimum Gasteiger partial charge on any atom is -0.368 e. The van der Waals surface area contributed by atoms with E-state index in [1.165, 1.54) is 0 Å². The lowest BCUT2D eigenvalue weighted by Gasteiger charge is -2.08. The van der Waals surface area contributed by atoms with Crippen LogP contribution in [0.25, 0.3) is 11.0 Å². The first-order valence-electron chi connectivity index (χ1n) is 5.32. The van der Waals surface area contributed by atoms with Crippen LogP contribution in [-0.2, 0) is 0 Å². The predicted molar refractivity (Wildman–Crippen MR) is 78.5 cm³/mol. The van der Waals surface area contributed by atoms with Crippen molar-refractivity contribution >= 4 is 56.0 Å². The molecule has 0 saturated carbocycles. The number of hydrogen-bond acceptors (Lipinski definition) is 5. The molecular weight excluding hydrogens is 332 g/mol. The largest absolute Gasteiger partial charge is 0.368 e. The summed E-state index contributed by atoms with van der Waals surface area (Å²) in [6.07, 6.45) is 1.64. The molecule has 3 rings (SSSR count). The second kappa shape index (κ2) is 4.67. The van der Waals surface area contributed by atoms with Gasteiger partial charge in [-0.3, -0.25) is 5.10 Å². The van der Waals surface area contributed by atoms with Crippen molar-refractivity contribution in [2.24, 2.45) is 0 Å². The minimum absolute atomic E-state index is 0.169. The van der Waals surface area contributed by atoms with Crippen LogP contribution in [0.2, 0.25) is 5.02 Å². The van der Waals surface area contributed by atoms with E-state index in [4.69, 9.17) is 17.3 Å². The molecule has 0 amide bonds. The van der Waals surface area contributed by atoms with Crippen LogP contribution in [0.15, 0.2) is 28.9 Å². The van der Waals surface area contributed by atoms with Crippen molar-refractivity contribution in [2.75, 3.05) is 11.1 Å². The average molecular weight is 340 g/mol. The molecule has 0 spiro atoms. The van der Waals surface area contributed by atoms with Crippen LogP contribution in [-0.4, -0.2) is 20.2 Å². The van der Waals surface area contributed by atoms with Crippen LogP contribution in [0.5, 0.6) is 0 Å². The lowest BCUT2D eigenvalue weighted by molar-refractivity contribution is 1.09. The van der Waals surface area contributed by atoms with Crippen molar-refractivity contribution in [1.82, 2.24) is 20.2 Å². The number of halogens is 2. The number of anilines is 3. The maximum absolute atomic E-state index is 6.05. The van der Waals surface area contributed by atoms with Crippen molar-refractivity contribution in [3.05, 3.63) is 33.9 Å². The molecule has 0 bridgehead atoms. The number of aromatic amines is 1. The maximum Gasteiger partial charge on any atom is 0.224 e. The fourth-order valence-electron chi connectivity index (χ4n) is 1.66. The first kappa shape index (κ1) is 12.2. The number of aromatic nitrogens is 4. The molecule has 96 valence electrons. The molecular formula is C11H8BrClN6. The number of nitrogens with two attached hydrogens (primary N) is 1. The molecule has 4 N–H and O–H groups in total. The van der Waals surface area contributed by atoms with Crippen LogP contribution >= 0.6 is 27.5 Å². The number of H-pyrrole nitrogens is 1. The summed E-state index contributed by atoms with van der Waals surface area (Å²) in [7, 11) is 0. The van der Waals surface area contributed by atoms with E-state index in [2.05, 4.69) is 41.4 Å². The second-order valence-electron chi connectivity index (χ2n) is 3.82. The Hall–Kier alpha value is -1.86. The lowest BCUT2D eigenvalue weighted by atomic mass is 10.3. The van der Waals surface area contributed by atoms with E-state index in [1.54, 1.807) is 12.3 Å². The molecule has 2 heterocycles. The van der Waals surface area contributed by atoms with Crippen molar-refractivity contribution in [3.8, 4) is 0 Å². The summed E-state index contributed by atoms with van der Waals surface area (Å²) in [5, 5.41) is 11.2. The zero-order valence-electron chi connectivity index (χ0n) is 9.48. The number of benzene rings is 1. The maximum atomic E-state index is 6.05. The van der Waals surface area contributed by atoms with Gasteiger partial charge in [0.1, 0.15) is 5.82 Å². The molecule has 0 aliphatic carbocycles. The van der Waals surface area contributed by atoms with Gasteiger partial charge in [0.25, 0.3) is 0 Å². The Morgan fingerprint density at radius 1 is 1.32 bits per heavy atom. The van der Waals surface area contributed by atoms with Crippen molar-refractivity contribution in [1.29, 1.82) is 0 Å². The Bertz CT molecular complexity index is 756. The molecule has 19 heavy (non-hydrogen) atoms. The molecule has 0 atom stereocenters. The Labute approximate surface area is 121 Å². The van der Waals surface area contributed by atoms with E-state index in [-0.39, 0.29) is 5.95 Å². The number of nitrogen functional groups attached to an aromatic ring is 1. The fourth-order valence-corrected chi connectivity index (χ4v) is 2.09. The third-order valence-corrected chi connectivity index (χ3v) is 3.74. The van der Waals surface area contributed by atoms with Gasteiger partial charge in [0.15, 0.2) is 5.65 Å². The van der Waals surface area contributed by atoms with E-state index < -0.39 is 0 Å². The monoisotopic (exact) mass is 338 g/mol. The fraction of sp³-hybridized carbons (Fsp3) is 0. The molecule has 0 aliphatic heterocycles. The molecule has 2 aromatic heterocycles. The number of nitrogens with one attached hydrogen (secondary N) is 2. The van der Waals surface area contributed by atoms with Gasteiger partial charge in [0.2, 0.25) is 5.95 Å². The number of nitrogens with zero attached hydrogens (tertiary/aromatic N) is 3. The molecule has 6 nitrogen and oxygen atoms in total. The summed E-state index contributed by atoms with van der Waals surface area (Å²) in [6.45, 7) is 0. The molecule has 8 heteroatoms.